The van der Waals surface area contributed by atoms with Gasteiger partial charge in [-0.05, 0) is 72.8 Å². The number of fused-ring (bicyclic) bond motifs is 5. The minimum atomic E-state index is -0.683. The van der Waals surface area contributed by atoms with Crippen molar-refractivity contribution in [1.82, 2.24) is 0 Å². The van der Waals surface area contributed by atoms with Gasteiger partial charge in [0.15, 0.2) is 0 Å². The van der Waals surface area contributed by atoms with E-state index in [9.17, 15) is 9.59 Å². The quantitative estimate of drug-likeness (QED) is 0.576. The van der Waals surface area contributed by atoms with Crippen molar-refractivity contribution >= 4 is 11.9 Å². The number of carboxylic acid groups (broad SMARTS) is 1. The van der Waals surface area contributed by atoms with Crippen LogP contribution < -0.4 is 0 Å². The number of carbonyl (C=O) groups excluding carboxylic acids is 1. The Morgan fingerprint density at radius 3 is 2.70 bits per heavy atom. The maximum Gasteiger partial charge on any atom is 0.303 e. The Morgan fingerprint density at radius 1 is 1.23 bits per heavy atom. The van der Waals surface area contributed by atoms with E-state index in [1.165, 1.54) is 36.5 Å². The summed E-state index contributed by atoms with van der Waals surface area (Å²) in [5.74, 6) is 0.723. The van der Waals surface area contributed by atoms with Crippen LogP contribution >= 0.6 is 0 Å². The fraction of sp³-hybridized carbons (Fsp3) is 0.692. The highest BCUT2D eigenvalue weighted by Crippen LogP contribution is 2.64. The molecule has 0 aromatic carbocycles. The van der Waals surface area contributed by atoms with E-state index >= 15 is 0 Å². The first-order valence-electron chi connectivity index (χ1n) is 11.7. The molecule has 0 saturated heterocycles. The second-order valence-electron chi connectivity index (χ2n) is 10.6. The molecule has 4 aliphatic carbocycles. The molecule has 30 heavy (non-hydrogen) atoms. The molecule has 4 nitrogen and oxygen atoms in total. The highest BCUT2D eigenvalue weighted by Gasteiger charge is 2.54. The first-order chi connectivity index (χ1) is 14.1. The summed E-state index contributed by atoms with van der Waals surface area (Å²) < 4.78 is 5.53. The lowest BCUT2D eigenvalue weighted by molar-refractivity contribution is -0.147. The van der Waals surface area contributed by atoms with Crippen LogP contribution in [0.25, 0.3) is 0 Å². The second kappa shape index (κ2) is 7.69. The fourth-order valence-corrected chi connectivity index (χ4v) is 7.20. The van der Waals surface area contributed by atoms with Gasteiger partial charge in [-0.1, -0.05) is 44.6 Å². The van der Waals surface area contributed by atoms with E-state index in [2.05, 4.69) is 39.0 Å². The molecular formula is C26H36O4. The third kappa shape index (κ3) is 3.46. The second-order valence-corrected chi connectivity index (χ2v) is 10.6. The van der Waals surface area contributed by atoms with Gasteiger partial charge in [-0.3, -0.25) is 9.59 Å². The molecule has 4 aliphatic rings. The molecule has 4 heteroatoms. The Bertz CT molecular complexity index is 834. The van der Waals surface area contributed by atoms with Crippen LogP contribution in [-0.2, 0) is 14.3 Å². The zero-order chi connectivity index (χ0) is 21.7. The first-order valence-corrected chi connectivity index (χ1v) is 11.7. The van der Waals surface area contributed by atoms with Gasteiger partial charge in [0.2, 0.25) is 0 Å². The molecule has 4 rings (SSSR count). The zero-order valence-corrected chi connectivity index (χ0v) is 18.9. The van der Waals surface area contributed by atoms with Crippen molar-refractivity contribution in [3.63, 3.8) is 0 Å². The van der Waals surface area contributed by atoms with Crippen LogP contribution in [0.3, 0.4) is 0 Å². The molecule has 1 N–H and O–H groups in total. The standard InChI is InChI=1S/C26H36O4/c1-16(5-10-24(28)29)21-8-9-22-20-7-6-18-15-19(30-17(2)27)11-13-25(18,3)23(20)12-14-26(21,22)4/h6-7,12,16,19,21-22H,5,8-11,13-15H2,1-4H3,(H,28,29)/t16-,19+,21?,22?,25+,26-/m1/s1. The maximum absolute atomic E-state index is 11.4. The molecule has 2 unspecified atom stereocenters. The predicted molar refractivity (Wildman–Crippen MR) is 117 cm³/mol. The van der Waals surface area contributed by atoms with Crippen LogP contribution in [0.15, 0.2) is 34.9 Å². The molecule has 0 amide bonds. The number of hydrogen-bond donors (Lipinski definition) is 1. The van der Waals surface area contributed by atoms with Crippen LogP contribution in [-0.4, -0.2) is 23.1 Å². The first kappa shape index (κ1) is 21.4. The normalized spacial score (nSPS) is 38.3. The average molecular weight is 413 g/mol. The molecule has 0 heterocycles. The Kier molecular flexibility index (Phi) is 5.48. The predicted octanol–water partition coefficient (Wildman–Crippen LogP) is 5.84. The van der Waals surface area contributed by atoms with E-state index in [0.717, 1.165) is 32.1 Å². The molecule has 0 spiro atoms. The Hall–Kier alpha value is -1.84. The Morgan fingerprint density at radius 2 is 2.00 bits per heavy atom. The summed E-state index contributed by atoms with van der Waals surface area (Å²) in [6, 6.07) is 0. The van der Waals surface area contributed by atoms with E-state index in [4.69, 9.17) is 9.84 Å². The number of hydrogen-bond acceptors (Lipinski definition) is 3. The summed E-state index contributed by atoms with van der Waals surface area (Å²) in [7, 11) is 0. The summed E-state index contributed by atoms with van der Waals surface area (Å²) in [6.07, 6.45) is 14.5. The fourth-order valence-electron chi connectivity index (χ4n) is 7.20. The van der Waals surface area contributed by atoms with Crippen molar-refractivity contribution in [3.8, 4) is 0 Å². The van der Waals surface area contributed by atoms with Crippen LogP contribution in [0.2, 0.25) is 0 Å². The van der Waals surface area contributed by atoms with E-state index < -0.39 is 5.97 Å². The van der Waals surface area contributed by atoms with Gasteiger partial charge in [0.05, 0.1) is 0 Å². The molecule has 2 saturated carbocycles. The highest BCUT2D eigenvalue weighted by molar-refractivity contribution is 5.66. The third-order valence-electron chi connectivity index (χ3n) is 8.86. The molecule has 164 valence electrons. The van der Waals surface area contributed by atoms with Crippen LogP contribution in [0.5, 0.6) is 0 Å². The number of carbonyl (C=O) groups is 2. The van der Waals surface area contributed by atoms with Crippen molar-refractivity contribution in [2.45, 2.75) is 85.2 Å². The molecule has 0 aromatic heterocycles. The third-order valence-corrected chi connectivity index (χ3v) is 8.86. The molecule has 0 aliphatic heterocycles. The van der Waals surface area contributed by atoms with E-state index in [0.29, 0.717) is 17.8 Å². The largest absolute Gasteiger partial charge is 0.481 e. The smallest absolute Gasteiger partial charge is 0.303 e. The summed E-state index contributed by atoms with van der Waals surface area (Å²) in [6.45, 7) is 8.58. The van der Waals surface area contributed by atoms with Gasteiger partial charge in [-0.2, -0.15) is 0 Å². The van der Waals surface area contributed by atoms with Crippen molar-refractivity contribution in [2.24, 2.45) is 28.6 Å². The van der Waals surface area contributed by atoms with Gasteiger partial charge in [0.1, 0.15) is 6.10 Å². The number of allylic oxidation sites excluding steroid dienone is 5. The van der Waals surface area contributed by atoms with Gasteiger partial charge in [0, 0.05) is 25.2 Å². The van der Waals surface area contributed by atoms with Gasteiger partial charge >= 0.3 is 11.9 Å². The van der Waals surface area contributed by atoms with Gasteiger partial charge in [-0.25, -0.2) is 0 Å². The molecule has 0 radical (unpaired) electrons. The molecule has 0 aromatic rings. The zero-order valence-electron chi connectivity index (χ0n) is 18.9. The lowest BCUT2D eigenvalue weighted by atomic mass is 9.54. The topological polar surface area (TPSA) is 63.6 Å². The molecule has 2 fully saturated rings. The number of rotatable bonds is 5. The average Bonchev–Trinajstić information content (AvgIpc) is 3.03. The van der Waals surface area contributed by atoms with Crippen molar-refractivity contribution in [3.05, 3.63) is 34.9 Å². The van der Waals surface area contributed by atoms with Crippen LogP contribution in [0, 0.1) is 28.6 Å². The number of aliphatic carboxylic acids is 1. The van der Waals surface area contributed by atoms with Crippen LogP contribution in [0.4, 0.5) is 0 Å². The number of carboxylic acids is 1. The van der Waals surface area contributed by atoms with Gasteiger partial charge in [-0.15, -0.1) is 0 Å². The monoisotopic (exact) mass is 412 g/mol. The highest BCUT2D eigenvalue weighted by atomic mass is 16.5. The minimum absolute atomic E-state index is 0.0113. The van der Waals surface area contributed by atoms with Gasteiger partial charge in [0.25, 0.3) is 0 Å². The molecule has 0 bridgehead atoms. The van der Waals surface area contributed by atoms with E-state index in [1.807, 2.05) is 0 Å². The Labute approximate surface area is 180 Å². The number of esters is 1. The number of ether oxygens (including phenoxy) is 1. The summed E-state index contributed by atoms with van der Waals surface area (Å²) >= 11 is 0. The molecular weight excluding hydrogens is 376 g/mol. The van der Waals surface area contributed by atoms with Crippen molar-refractivity contribution in [2.75, 3.05) is 0 Å². The SMILES string of the molecule is CC(=O)O[C@H]1CC[C@@]2(C)C(=CC=C3C2=CC[C@@]2(C)C3CCC2[C@H](C)CCC(=O)O)C1. The lowest BCUT2D eigenvalue weighted by Gasteiger charge is -2.51. The van der Waals surface area contributed by atoms with Crippen LogP contribution in [0.1, 0.15) is 79.1 Å². The minimum Gasteiger partial charge on any atom is -0.481 e. The van der Waals surface area contributed by atoms with E-state index in [-0.39, 0.29) is 29.3 Å². The molecule has 6 atom stereocenters. The summed E-state index contributed by atoms with van der Waals surface area (Å²) in [5.41, 5.74) is 4.73. The van der Waals surface area contributed by atoms with E-state index in [1.54, 1.807) is 0 Å². The maximum atomic E-state index is 11.4. The Balaban J connectivity index is 1.58. The summed E-state index contributed by atoms with van der Waals surface area (Å²) in [4.78, 5) is 22.5. The van der Waals surface area contributed by atoms with Crippen molar-refractivity contribution < 1.29 is 19.4 Å². The lowest BCUT2D eigenvalue weighted by Crippen LogP contribution is -2.41. The van der Waals surface area contributed by atoms with Crippen molar-refractivity contribution in [1.29, 1.82) is 0 Å². The van der Waals surface area contributed by atoms with Gasteiger partial charge < -0.3 is 9.84 Å². The summed E-state index contributed by atoms with van der Waals surface area (Å²) in [5, 5.41) is 9.11.